The van der Waals surface area contributed by atoms with Crippen molar-refractivity contribution in [2.24, 2.45) is 5.73 Å². The first-order valence-electron chi connectivity index (χ1n) is 7.48. The summed E-state index contributed by atoms with van der Waals surface area (Å²) in [5, 5.41) is 9.08. The van der Waals surface area contributed by atoms with Crippen LogP contribution < -0.4 is 16.0 Å². The molecule has 3 N–H and O–H groups in total. The Bertz CT molecular complexity index is 680. The summed E-state index contributed by atoms with van der Waals surface area (Å²) in [7, 11) is 0. The van der Waals surface area contributed by atoms with Crippen molar-refractivity contribution in [2.45, 2.75) is 26.4 Å². The van der Waals surface area contributed by atoms with E-state index in [-0.39, 0.29) is 18.7 Å². The highest BCUT2D eigenvalue weighted by Gasteiger charge is 2.13. The Labute approximate surface area is 130 Å². The second kappa shape index (κ2) is 7.77. The molecule has 1 heterocycles. The Morgan fingerprint density at radius 1 is 1.23 bits per heavy atom. The summed E-state index contributed by atoms with van der Waals surface area (Å²) >= 11 is 0. The normalized spacial score (nSPS) is 10.7. The number of pyridine rings is 1. The van der Waals surface area contributed by atoms with Crippen LogP contribution in [0.3, 0.4) is 0 Å². The van der Waals surface area contributed by atoms with E-state index in [1.807, 2.05) is 37.3 Å². The van der Waals surface area contributed by atoms with Gasteiger partial charge in [-0.2, -0.15) is 0 Å². The Balaban J connectivity index is 2.59. The molecule has 22 heavy (non-hydrogen) atoms. The third-order valence-corrected chi connectivity index (χ3v) is 3.48. The van der Waals surface area contributed by atoms with Gasteiger partial charge < -0.3 is 20.1 Å². The van der Waals surface area contributed by atoms with Crippen LogP contribution in [0.2, 0.25) is 0 Å². The molecule has 0 saturated heterocycles. The zero-order valence-corrected chi connectivity index (χ0v) is 12.8. The molecule has 5 heteroatoms. The van der Waals surface area contributed by atoms with Gasteiger partial charge in [0, 0.05) is 30.8 Å². The molecule has 0 fully saturated rings. The highest BCUT2D eigenvalue weighted by Crippen LogP contribution is 2.29. The summed E-state index contributed by atoms with van der Waals surface area (Å²) in [6.45, 7) is 3.15. The summed E-state index contributed by atoms with van der Waals surface area (Å²) in [5.74, 6) is 0.739. The number of aromatic nitrogens is 1. The van der Waals surface area contributed by atoms with Crippen LogP contribution in [0, 0.1) is 0 Å². The standard InChI is InChI=1S/C17H22N2O3/c1-2-22-16-7-4-3-6-14(16)15-9-8-13(12-18)17(21)19(15)10-5-11-20/h3-4,6-9,20H,2,5,10-12,18H2,1H3. The van der Waals surface area contributed by atoms with Crippen LogP contribution in [0.15, 0.2) is 41.2 Å². The van der Waals surface area contributed by atoms with Crippen molar-refractivity contribution in [1.82, 2.24) is 4.57 Å². The first-order valence-corrected chi connectivity index (χ1v) is 7.48. The number of para-hydroxylation sites is 1. The van der Waals surface area contributed by atoms with E-state index in [2.05, 4.69) is 0 Å². The lowest BCUT2D eigenvalue weighted by molar-refractivity contribution is 0.279. The first-order chi connectivity index (χ1) is 10.7. The zero-order valence-electron chi connectivity index (χ0n) is 12.8. The maximum absolute atomic E-state index is 12.5. The van der Waals surface area contributed by atoms with Gasteiger partial charge in [-0.1, -0.05) is 18.2 Å². The second-order valence-corrected chi connectivity index (χ2v) is 4.91. The maximum Gasteiger partial charge on any atom is 0.255 e. The van der Waals surface area contributed by atoms with Crippen molar-refractivity contribution in [3.8, 4) is 17.0 Å². The van der Waals surface area contributed by atoms with Gasteiger partial charge in [-0.25, -0.2) is 0 Å². The Hall–Kier alpha value is -2.11. The van der Waals surface area contributed by atoms with Crippen LogP contribution >= 0.6 is 0 Å². The van der Waals surface area contributed by atoms with Crippen molar-refractivity contribution in [3.05, 3.63) is 52.3 Å². The zero-order chi connectivity index (χ0) is 15.9. The van der Waals surface area contributed by atoms with Crippen molar-refractivity contribution in [1.29, 1.82) is 0 Å². The van der Waals surface area contributed by atoms with Gasteiger partial charge in [0.1, 0.15) is 5.75 Å². The van der Waals surface area contributed by atoms with Crippen molar-refractivity contribution in [2.75, 3.05) is 13.2 Å². The number of nitrogens with two attached hydrogens (primary N) is 1. The molecular weight excluding hydrogens is 280 g/mol. The molecular formula is C17H22N2O3. The van der Waals surface area contributed by atoms with Crippen LogP contribution in [-0.4, -0.2) is 22.9 Å². The van der Waals surface area contributed by atoms with E-state index < -0.39 is 0 Å². The lowest BCUT2D eigenvalue weighted by atomic mass is 10.1. The molecule has 0 amide bonds. The van der Waals surface area contributed by atoms with E-state index in [1.54, 1.807) is 10.6 Å². The van der Waals surface area contributed by atoms with Gasteiger partial charge in [0.2, 0.25) is 0 Å². The lowest BCUT2D eigenvalue weighted by Gasteiger charge is -2.16. The van der Waals surface area contributed by atoms with Crippen molar-refractivity contribution < 1.29 is 9.84 Å². The topological polar surface area (TPSA) is 77.5 Å². The highest BCUT2D eigenvalue weighted by atomic mass is 16.5. The third kappa shape index (κ3) is 3.37. The Kier molecular flexibility index (Phi) is 5.75. The number of aliphatic hydroxyl groups is 1. The first kappa shape index (κ1) is 16.3. The van der Waals surface area contributed by atoms with Crippen LogP contribution in [0.5, 0.6) is 5.75 Å². The molecule has 0 aliphatic heterocycles. The SMILES string of the molecule is CCOc1ccccc1-c1ccc(CN)c(=O)n1CCCO. The molecule has 0 atom stereocenters. The number of aliphatic hydroxyl groups excluding tert-OH is 1. The molecule has 0 spiro atoms. The lowest BCUT2D eigenvalue weighted by Crippen LogP contribution is -2.27. The molecule has 1 aromatic heterocycles. The number of benzene rings is 1. The largest absolute Gasteiger partial charge is 0.493 e. The molecule has 2 rings (SSSR count). The molecule has 0 aliphatic carbocycles. The van der Waals surface area contributed by atoms with E-state index in [1.165, 1.54) is 0 Å². The number of rotatable bonds is 7. The molecule has 5 nitrogen and oxygen atoms in total. The van der Waals surface area contributed by atoms with Gasteiger partial charge in [0.25, 0.3) is 5.56 Å². The fraction of sp³-hybridized carbons (Fsp3) is 0.353. The minimum absolute atomic E-state index is 0.0336. The predicted octanol–water partition coefficient (Wildman–Crippen LogP) is 1.76. The molecule has 2 aromatic rings. The Morgan fingerprint density at radius 2 is 2.00 bits per heavy atom. The quantitative estimate of drug-likeness (QED) is 0.817. The smallest absolute Gasteiger partial charge is 0.255 e. The van der Waals surface area contributed by atoms with Gasteiger partial charge >= 0.3 is 0 Å². The van der Waals surface area contributed by atoms with E-state index in [0.717, 1.165) is 17.0 Å². The number of hydrogen-bond acceptors (Lipinski definition) is 4. The fourth-order valence-electron chi connectivity index (χ4n) is 2.42. The van der Waals surface area contributed by atoms with Crippen LogP contribution in [-0.2, 0) is 13.1 Å². The van der Waals surface area contributed by atoms with Crippen LogP contribution in [0.1, 0.15) is 18.9 Å². The second-order valence-electron chi connectivity index (χ2n) is 4.91. The summed E-state index contributed by atoms with van der Waals surface area (Å²) in [6, 6.07) is 11.3. The fourth-order valence-corrected chi connectivity index (χ4v) is 2.42. The molecule has 1 aromatic carbocycles. The van der Waals surface area contributed by atoms with Crippen molar-refractivity contribution in [3.63, 3.8) is 0 Å². The van der Waals surface area contributed by atoms with E-state index in [4.69, 9.17) is 15.6 Å². The summed E-state index contributed by atoms with van der Waals surface area (Å²) in [4.78, 5) is 12.5. The van der Waals surface area contributed by atoms with E-state index in [0.29, 0.717) is 25.1 Å². The summed E-state index contributed by atoms with van der Waals surface area (Å²) < 4.78 is 7.32. The summed E-state index contributed by atoms with van der Waals surface area (Å²) in [6.07, 6.45) is 0.512. The average molecular weight is 302 g/mol. The molecule has 0 unspecified atom stereocenters. The Morgan fingerprint density at radius 3 is 2.68 bits per heavy atom. The molecule has 0 radical (unpaired) electrons. The predicted molar refractivity (Wildman–Crippen MR) is 86.9 cm³/mol. The summed E-state index contributed by atoms with van der Waals surface area (Å²) in [5.41, 5.74) is 7.72. The highest BCUT2D eigenvalue weighted by molar-refractivity contribution is 5.67. The van der Waals surface area contributed by atoms with E-state index >= 15 is 0 Å². The van der Waals surface area contributed by atoms with Gasteiger partial charge in [0.15, 0.2) is 0 Å². The van der Waals surface area contributed by atoms with Gasteiger partial charge in [0.05, 0.1) is 12.3 Å². The average Bonchev–Trinajstić information content (AvgIpc) is 2.54. The van der Waals surface area contributed by atoms with E-state index in [9.17, 15) is 4.79 Å². The number of ether oxygens (including phenoxy) is 1. The maximum atomic E-state index is 12.5. The van der Waals surface area contributed by atoms with Crippen molar-refractivity contribution >= 4 is 0 Å². The van der Waals surface area contributed by atoms with Crippen LogP contribution in [0.4, 0.5) is 0 Å². The van der Waals surface area contributed by atoms with Gasteiger partial charge in [-0.05, 0) is 31.5 Å². The minimum Gasteiger partial charge on any atom is -0.493 e. The van der Waals surface area contributed by atoms with Gasteiger partial charge in [-0.15, -0.1) is 0 Å². The third-order valence-electron chi connectivity index (χ3n) is 3.48. The molecule has 0 saturated carbocycles. The molecule has 118 valence electrons. The minimum atomic E-state index is -0.111. The number of hydrogen-bond donors (Lipinski definition) is 2. The van der Waals surface area contributed by atoms with Crippen LogP contribution in [0.25, 0.3) is 11.3 Å². The molecule has 0 aliphatic rings. The van der Waals surface area contributed by atoms with Gasteiger partial charge in [-0.3, -0.25) is 4.79 Å². The molecule has 0 bridgehead atoms. The monoisotopic (exact) mass is 302 g/mol. The number of nitrogens with zero attached hydrogens (tertiary/aromatic N) is 1.